The third-order valence-electron chi connectivity index (χ3n) is 9.86. The predicted octanol–water partition coefficient (Wildman–Crippen LogP) is 1.82. The normalized spacial score (nSPS) is 33.3. The number of ether oxygens (including phenoxy) is 1. The van der Waals surface area contributed by atoms with Crippen LogP contribution in [0.5, 0.6) is 0 Å². The number of amides is 3. The topological polar surface area (TPSA) is 93.6 Å². The first-order chi connectivity index (χ1) is 20.8. The highest BCUT2D eigenvalue weighted by molar-refractivity contribution is 8.02. The zero-order chi connectivity index (χ0) is 30.2. The zero-order valence-electron chi connectivity index (χ0n) is 25.3. The Morgan fingerprint density at radius 3 is 2.33 bits per heavy atom. The van der Waals surface area contributed by atoms with Crippen molar-refractivity contribution in [1.82, 2.24) is 19.6 Å². The first-order valence-corrected chi connectivity index (χ1v) is 16.5. The Labute approximate surface area is 258 Å². The molecule has 3 fully saturated rings. The largest absolute Gasteiger partial charge is 0.394 e. The van der Waals surface area contributed by atoms with E-state index in [9.17, 15) is 19.5 Å². The maximum atomic E-state index is 14.8. The van der Waals surface area contributed by atoms with Crippen LogP contribution in [0.1, 0.15) is 25.8 Å². The molecule has 5 aliphatic heterocycles. The molecular weight excluding hydrogens is 564 g/mol. The molecular formula is C33H44N4O5S. The summed E-state index contributed by atoms with van der Waals surface area (Å²) < 4.78 is 3.96. The highest BCUT2D eigenvalue weighted by atomic mass is 32.2. The first kappa shape index (κ1) is 30.4. The number of benzene rings is 1. The van der Waals surface area contributed by atoms with Crippen molar-refractivity contribution in [3.05, 3.63) is 60.2 Å². The molecule has 5 aliphatic rings. The number of carbonyl (C=O) groups excluding carboxylic acids is 3. The monoisotopic (exact) mass is 608 g/mol. The number of aliphatic hydroxyl groups is 1. The van der Waals surface area contributed by atoms with E-state index in [0.717, 1.165) is 31.6 Å². The molecule has 10 heteroatoms. The quantitative estimate of drug-likeness (QED) is 0.428. The van der Waals surface area contributed by atoms with Gasteiger partial charge in [0, 0.05) is 50.6 Å². The van der Waals surface area contributed by atoms with Crippen LogP contribution in [0.2, 0.25) is 0 Å². The van der Waals surface area contributed by atoms with Gasteiger partial charge in [-0.25, -0.2) is 0 Å². The van der Waals surface area contributed by atoms with Crippen LogP contribution in [-0.2, 0) is 25.5 Å². The lowest BCUT2D eigenvalue weighted by Gasteiger charge is -2.40. The van der Waals surface area contributed by atoms with E-state index in [-0.39, 0.29) is 24.3 Å². The van der Waals surface area contributed by atoms with Gasteiger partial charge < -0.3 is 24.5 Å². The van der Waals surface area contributed by atoms with Crippen LogP contribution >= 0.6 is 11.8 Å². The number of rotatable bonds is 9. The summed E-state index contributed by atoms with van der Waals surface area (Å²) in [5.41, 5.74) is 0.987. The average Bonchev–Trinajstić information content (AvgIpc) is 3.30. The van der Waals surface area contributed by atoms with E-state index in [1.807, 2.05) is 46.2 Å². The van der Waals surface area contributed by atoms with Gasteiger partial charge in [-0.05, 0) is 25.3 Å². The number of hydrogen-bond acceptors (Lipinski definition) is 7. The Kier molecular flexibility index (Phi) is 8.75. The van der Waals surface area contributed by atoms with E-state index in [2.05, 4.69) is 37.0 Å². The summed E-state index contributed by atoms with van der Waals surface area (Å²) in [6, 6.07) is 8.39. The number of hydrogen-bond donors (Lipinski definition) is 1. The van der Waals surface area contributed by atoms with Gasteiger partial charge in [0.15, 0.2) is 0 Å². The zero-order valence-corrected chi connectivity index (χ0v) is 26.1. The number of carbonyl (C=O) groups is 3. The fourth-order valence-corrected chi connectivity index (χ4v) is 9.99. The van der Waals surface area contributed by atoms with Crippen molar-refractivity contribution in [3.8, 4) is 0 Å². The van der Waals surface area contributed by atoms with Gasteiger partial charge >= 0.3 is 0 Å². The number of thioether (sulfide) groups is 1. The van der Waals surface area contributed by atoms with Crippen molar-refractivity contribution in [2.24, 2.45) is 11.8 Å². The summed E-state index contributed by atoms with van der Waals surface area (Å²) in [6.07, 6.45) is 9.51. The second-order valence-electron chi connectivity index (χ2n) is 12.6. The third-order valence-corrected chi connectivity index (χ3v) is 11.7. The van der Waals surface area contributed by atoms with Crippen LogP contribution in [0.3, 0.4) is 0 Å². The van der Waals surface area contributed by atoms with Crippen LogP contribution in [0.25, 0.3) is 0 Å². The van der Waals surface area contributed by atoms with Crippen molar-refractivity contribution in [2.75, 3.05) is 65.6 Å². The molecule has 43 heavy (non-hydrogen) atoms. The van der Waals surface area contributed by atoms with Crippen molar-refractivity contribution in [2.45, 2.75) is 48.3 Å². The molecule has 6 rings (SSSR count). The van der Waals surface area contributed by atoms with Crippen LogP contribution in [0, 0.1) is 11.8 Å². The van der Waals surface area contributed by atoms with Gasteiger partial charge in [-0.15, -0.1) is 11.8 Å². The minimum atomic E-state index is -0.916. The van der Waals surface area contributed by atoms with Crippen LogP contribution in [0.4, 0.5) is 0 Å². The number of nitrogens with zero attached hydrogens (tertiary/aromatic N) is 4. The number of fused-ring (bicyclic) bond motifs is 2. The summed E-state index contributed by atoms with van der Waals surface area (Å²) in [7, 11) is 0. The Morgan fingerprint density at radius 2 is 1.63 bits per heavy atom. The Balaban J connectivity index is 1.40. The Hall–Kier alpha value is -2.66. The molecule has 5 heterocycles. The first-order valence-electron chi connectivity index (χ1n) is 15.7. The maximum Gasteiger partial charge on any atom is 0.247 e. The van der Waals surface area contributed by atoms with Gasteiger partial charge in [-0.3, -0.25) is 19.3 Å². The van der Waals surface area contributed by atoms with E-state index in [4.69, 9.17) is 4.74 Å². The molecule has 3 saturated heterocycles. The summed E-state index contributed by atoms with van der Waals surface area (Å²) in [5.74, 6) is -1.62. The summed E-state index contributed by atoms with van der Waals surface area (Å²) in [4.78, 5) is 51.5. The van der Waals surface area contributed by atoms with Gasteiger partial charge in [-0.1, -0.05) is 61.6 Å². The summed E-state index contributed by atoms with van der Waals surface area (Å²) >= 11 is 1.60. The van der Waals surface area contributed by atoms with E-state index in [0.29, 0.717) is 45.8 Å². The third kappa shape index (κ3) is 5.34. The molecule has 1 unspecified atom stereocenters. The average molecular weight is 609 g/mol. The maximum absolute atomic E-state index is 14.8. The van der Waals surface area contributed by atoms with Crippen LogP contribution in [0.15, 0.2) is 54.6 Å². The second-order valence-corrected chi connectivity index (χ2v) is 14.4. The molecule has 6 atom stereocenters. The Bertz CT molecular complexity index is 1270. The lowest BCUT2D eigenvalue weighted by atomic mass is 9.74. The van der Waals surface area contributed by atoms with Crippen molar-refractivity contribution < 1.29 is 24.2 Å². The standard InChI is InChI=1S/C33H44N4O5S/c1-3-13-35-14-7-11-32(2)26(29(35)39)27-30(40)37(25(23-38)22-24-9-5-4-6-10-24)28-31(41)36(15-8-12-33(27,28)43-32)17-16-34-18-20-42-21-19-34/h4-12,25-28,38H,3,13-23H2,1-2H3/t25-,26+,27+,28?,32-,33+/m1/s1. The molecule has 1 spiro atoms. The smallest absolute Gasteiger partial charge is 0.247 e. The summed E-state index contributed by atoms with van der Waals surface area (Å²) in [6.45, 7) is 9.76. The van der Waals surface area contributed by atoms with Crippen molar-refractivity contribution in [3.63, 3.8) is 0 Å². The van der Waals surface area contributed by atoms with Crippen molar-refractivity contribution in [1.29, 1.82) is 0 Å². The van der Waals surface area contributed by atoms with Crippen LogP contribution in [-0.4, -0.2) is 130 Å². The molecule has 9 nitrogen and oxygen atoms in total. The highest BCUT2D eigenvalue weighted by Crippen LogP contribution is 2.65. The molecule has 0 aliphatic carbocycles. The Morgan fingerprint density at radius 1 is 0.930 bits per heavy atom. The molecule has 0 aromatic heterocycles. The highest BCUT2D eigenvalue weighted by Gasteiger charge is 2.74. The van der Waals surface area contributed by atoms with Gasteiger partial charge in [0.25, 0.3) is 0 Å². The van der Waals surface area contributed by atoms with Gasteiger partial charge in [0.1, 0.15) is 6.04 Å². The lowest BCUT2D eigenvalue weighted by molar-refractivity contribution is -0.147. The fourth-order valence-electron chi connectivity index (χ4n) is 7.85. The molecule has 1 aromatic carbocycles. The van der Waals surface area contributed by atoms with Gasteiger partial charge in [-0.2, -0.15) is 0 Å². The SMILES string of the molecule is CCCN1CC=C[C@@]2(C)S[C@]34C=CCN(CCN5CCOCC5)C(=O)C3N([C@@H](CO)Cc3ccccc3)C(=O)[C@@H]4[C@H]2C1=O. The van der Waals surface area contributed by atoms with Gasteiger partial charge in [0.05, 0.1) is 42.4 Å². The fraction of sp³-hybridized carbons (Fsp3) is 0.606. The summed E-state index contributed by atoms with van der Waals surface area (Å²) in [5, 5.41) is 10.8. The van der Waals surface area contributed by atoms with Crippen LogP contribution < -0.4 is 0 Å². The minimum Gasteiger partial charge on any atom is -0.394 e. The van der Waals surface area contributed by atoms with E-state index >= 15 is 0 Å². The second kappa shape index (κ2) is 12.4. The molecule has 0 bridgehead atoms. The number of morpholine rings is 1. The minimum absolute atomic E-state index is 0.0180. The molecule has 3 amide bonds. The number of likely N-dealkylation sites (tertiary alicyclic amines) is 1. The molecule has 1 aromatic rings. The lowest BCUT2D eigenvalue weighted by Crippen LogP contribution is -2.58. The number of aliphatic hydroxyl groups excluding tert-OH is 1. The van der Waals surface area contributed by atoms with E-state index in [1.165, 1.54) is 0 Å². The van der Waals surface area contributed by atoms with Crippen molar-refractivity contribution >= 4 is 29.5 Å². The van der Waals surface area contributed by atoms with E-state index in [1.54, 1.807) is 16.7 Å². The molecule has 0 saturated carbocycles. The van der Waals surface area contributed by atoms with Gasteiger partial charge in [0.2, 0.25) is 17.7 Å². The molecule has 1 N–H and O–H groups in total. The predicted molar refractivity (Wildman–Crippen MR) is 166 cm³/mol. The molecule has 0 radical (unpaired) electrons. The molecule has 232 valence electrons. The van der Waals surface area contributed by atoms with E-state index < -0.39 is 33.4 Å².